The molecule has 1 fully saturated rings. The van der Waals surface area contributed by atoms with Gasteiger partial charge in [0.05, 0.1) is 19.0 Å². The summed E-state index contributed by atoms with van der Waals surface area (Å²) >= 11 is 0. The SMILES string of the molecule is CCN(C(=O)CC1COCCN1)C(C)CS(=O)(=O)CC. The zero-order valence-corrected chi connectivity index (χ0v) is 13.4. The van der Waals surface area contributed by atoms with Gasteiger partial charge in [0.2, 0.25) is 5.91 Å². The number of ether oxygens (including phenoxy) is 1. The quantitative estimate of drug-likeness (QED) is 0.718. The van der Waals surface area contributed by atoms with E-state index in [1.165, 1.54) is 0 Å². The first kappa shape index (κ1) is 17.4. The number of carbonyl (C=O) groups excluding carboxylic acids is 1. The van der Waals surface area contributed by atoms with Gasteiger partial charge in [-0.15, -0.1) is 0 Å². The van der Waals surface area contributed by atoms with Crippen molar-refractivity contribution in [1.29, 1.82) is 0 Å². The van der Waals surface area contributed by atoms with Gasteiger partial charge < -0.3 is 15.0 Å². The van der Waals surface area contributed by atoms with Crippen molar-refractivity contribution in [2.45, 2.75) is 39.3 Å². The summed E-state index contributed by atoms with van der Waals surface area (Å²) in [5, 5.41) is 3.24. The number of sulfone groups is 1. The van der Waals surface area contributed by atoms with Gasteiger partial charge in [0.1, 0.15) is 0 Å². The molecule has 1 amide bonds. The van der Waals surface area contributed by atoms with Gasteiger partial charge in [-0.05, 0) is 13.8 Å². The lowest BCUT2D eigenvalue weighted by atomic mass is 10.1. The highest BCUT2D eigenvalue weighted by molar-refractivity contribution is 7.91. The second-order valence-electron chi connectivity index (χ2n) is 5.16. The summed E-state index contributed by atoms with van der Waals surface area (Å²) < 4.78 is 28.7. The maximum atomic E-state index is 12.3. The fourth-order valence-corrected chi connectivity index (χ4v) is 3.54. The molecule has 2 atom stereocenters. The molecule has 0 aromatic rings. The van der Waals surface area contributed by atoms with E-state index in [-0.39, 0.29) is 29.5 Å². The Morgan fingerprint density at radius 3 is 2.65 bits per heavy atom. The van der Waals surface area contributed by atoms with Crippen LogP contribution in [0.3, 0.4) is 0 Å². The van der Waals surface area contributed by atoms with Crippen LogP contribution in [0.25, 0.3) is 0 Å². The minimum atomic E-state index is -3.07. The molecule has 2 unspecified atom stereocenters. The molecule has 6 nitrogen and oxygen atoms in total. The van der Waals surface area contributed by atoms with Crippen molar-refractivity contribution in [2.75, 3.05) is 37.8 Å². The van der Waals surface area contributed by atoms with Crippen molar-refractivity contribution in [3.05, 3.63) is 0 Å². The van der Waals surface area contributed by atoms with Gasteiger partial charge in [-0.2, -0.15) is 0 Å². The van der Waals surface area contributed by atoms with Crippen LogP contribution < -0.4 is 5.32 Å². The Bertz CT molecular complexity index is 405. The fourth-order valence-electron chi connectivity index (χ4n) is 2.39. The Balaban J connectivity index is 2.57. The molecular weight excluding hydrogens is 280 g/mol. The fraction of sp³-hybridized carbons (Fsp3) is 0.923. The first-order valence-corrected chi connectivity index (χ1v) is 9.02. The van der Waals surface area contributed by atoms with Crippen molar-refractivity contribution < 1.29 is 17.9 Å². The standard InChI is InChI=1S/C13H26N2O4S/c1-4-15(11(3)10-20(17,18)5-2)13(16)8-12-9-19-7-6-14-12/h11-12,14H,4-10H2,1-3H3. The molecule has 1 aliphatic heterocycles. The van der Waals surface area contributed by atoms with Crippen LogP contribution >= 0.6 is 0 Å². The van der Waals surface area contributed by atoms with Crippen molar-refractivity contribution in [2.24, 2.45) is 0 Å². The van der Waals surface area contributed by atoms with Gasteiger partial charge in [0.15, 0.2) is 9.84 Å². The Morgan fingerprint density at radius 1 is 1.45 bits per heavy atom. The average molecular weight is 306 g/mol. The van der Waals surface area contributed by atoms with Crippen molar-refractivity contribution in [3.8, 4) is 0 Å². The average Bonchev–Trinajstić information content (AvgIpc) is 2.40. The van der Waals surface area contributed by atoms with Crippen LogP contribution in [-0.4, -0.2) is 69.1 Å². The van der Waals surface area contributed by atoms with E-state index in [9.17, 15) is 13.2 Å². The predicted molar refractivity (Wildman–Crippen MR) is 78.4 cm³/mol. The highest BCUT2D eigenvalue weighted by Crippen LogP contribution is 2.09. The van der Waals surface area contributed by atoms with Crippen LogP contribution in [0.5, 0.6) is 0 Å². The molecule has 1 heterocycles. The summed E-state index contributed by atoms with van der Waals surface area (Å²) in [6.45, 7) is 7.77. The summed E-state index contributed by atoms with van der Waals surface area (Å²) in [5.74, 6) is 0.119. The van der Waals surface area contributed by atoms with Crippen molar-refractivity contribution >= 4 is 15.7 Å². The highest BCUT2D eigenvalue weighted by atomic mass is 32.2. The Hall–Kier alpha value is -0.660. The third-order valence-corrected chi connectivity index (χ3v) is 5.42. The topological polar surface area (TPSA) is 75.7 Å². The van der Waals surface area contributed by atoms with Crippen molar-refractivity contribution in [1.82, 2.24) is 10.2 Å². The van der Waals surface area contributed by atoms with Crippen LogP contribution in [0, 0.1) is 0 Å². The molecule has 20 heavy (non-hydrogen) atoms. The molecule has 1 N–H and O–H groups in total. The number of nitrogens with one attached hydrogen (secondary N) is 1. The minimum Gasteiger partial charge on any atom is -0.378 e. The minimum absolute atomic E-state index is 0.0192. The van der Waals surface area contributed by atoms with E-state index < -0.39 is 9.84 Å². The lowest BCUT2D eigenvalue weighted by molar-refractivity contribution is -0.133. The monoisotopic (exact) mass is 306 g/mol. The first-order chi connectivity index (χ1) is 9.39. The van der Waals surface area contributed by atoms with E-state index in [2.05, 4.69) is 5.32 Å². The lowest BCUT2D eigenvalue weighted by Crippen LogP contribution is -2.48. The third kappa shape index (κ3) is 5.38. The second kappa shape index (κ2) is 7.95. The number of nitrogens with zero attached hydrogens (tertiary/aromatic N) is 1. The maximum absolute atomic E-state index is 12.3. The molecule has 1 aliphatic rings. The van der Waals surface area contributed by atoms with Crippen LogP contribution in [0.4, 0.5) is 0 Å². The van der Waals surface area contributed by atoms with E-state index >= 15 is 0 Å². The molecule has 0 radical (unpaired) electrons. The molecular formula is C13H26N2O4S. The number of hydrogen-bond acceptors (Lipinski definition) is 5. The number of hydrogen-bond donors (Lipinski definition) is 1. The molecule has 0 spiro atoms. The van der Waals surface area contributed by atoms with E-state index in [4.69, 9.17) is 4.74 Å². The molecule has 1 saturated heterocycles. The van der Waals surface area contributed by atoms with Gasteiger partial charge in [-0.1, -0.05) is 6.92 Å². The predicted octanol–water partition coefficient (Wildman–Crippen LogP) is 0.0366. The molecule has 0 aromatic carbocycles. The van der Waals surface area contributed by atoms with E-state index in [0.29, 0.717) is 26.2 Å². The highest BCUT2D eigenvalue weighted by Gasteiger charge is 2.26. The van der Waals surface area contributed by atoms with Crippen LogP contribution in [0.2, 0.25) is 0 Å². The molecule has 1 rings (SSSR count). The van der Waals surface area contributed by atoms with Gasteiger partial charge in [0, 0.05) is 37.3 Å². The van der Waals surface area contributed by atoms with E-state index in [0.717, 1.165) is 6.54 Å². The summed E-state index contributed by atoms with van der Waals surface area (Å²) in [7, 11) is -3.07. The normalized spacial score (nSPS) is 21.4. The Labute approximate surface area is 121 Å². The van der Waals surface area contributed by atoms with E-state index in [1.807, 2.05) is 6.92 Å². The van der Waals surface area contributed by atoms with Gasteiger partial charge in [-0.25, -0.2) is 8.42 Å². The zero-order valence-electron chi connectivity index (χ0n) is 12.6. The number of rotatable bonds is 7. The molecule has 0 aromatic heterocycles. The van der Waals surface area contributed by atoms with Gasteiger partial charge in [0.25, 0.3) is 0 Å². The molecule has 118 valence electrons. The first-order valence-electron chi connectivity index (χ1n) is 7.20. The van der Waals surface area contributed by atoms with Crippen LogP contribution in [0.15, 0.2) is 0 Å². The van der Waals surface area contributed by atoms with Crippen LogP contribution in [0.1, 0.15) is 27.2 Å². The van der Waals surface area contributed by atoms with Crippen LogP contribution in [-0.2, 0) is 19.4 Å². The number of morpholine rings is 1. The lowest BCUT2D eigenvalue weighted by Gasteiger charge is -2.31. The summed E-state index contributed by atoms with van der Waals surface area (Å²) in [4.78, 5) is 13.9. The summed E-state index contributed by atoms with van der Waals surface area (Å²) in [5.41, 5.74) is 0. The van der Waals surface area contributed by atoms with Gasteiger partial charge >= 0.3 is 0 Å². The molecule has 7 heteroatoms. The smallest absolute Gasteiger partial charge is 0.224 e. The Kier molecular flexibility index (Phi) is 6.91. The van der Waals surface area contributed by atoms with Crippen molar-refractivity contribution in [3.63, 3.8) is 0 Å². The summed E-state index contributed by atoms with van der Waals surface area (Å²) in [6, 6.07) is -0.262. The molecule has 0 saturated carbocycles. The summed E-state index contributed by atoms with van der Waals surface area (Å²) in [6.07, 6.45) is 0.352. The van der Waals surface area contributed by atoms with E-state index in [1.54, 1.807) is 18.7 Å². The molecule has 0 bridgehead atoms. The number of carbonyl (C=O) groups is 1. The molecule has 0 aliphatic carbocycles. The zero-order chi connectivity index (χ0) is 15.2. The third-order valence-electron chi connectivity index (χ3n) is 3.55. The Morgan fingerprint density at radius 2 is 2.15 bits per heavy atom. The maximum Gasteiger partial charge on any atom is 0.224 e. The largest absolute Gasteiger partial charge is 0.378 e. The second-order valence-corrected chi connectivity index (χ2v) is 7.56. The van der Waals surface area contributed by atoms with Gasteiger partial charge in [-0.3, -0.25) is 4.79 Å². The number of amides is 1.